The molecule has 1 atom stereocenters. The minimum atomic E-state index is 0.831. The maximum atomic E-state index is 3.91. The van der Waals surface area contributed by atoms with Crippen molar-refractivity contribution >= 4 is 0 Å². The van der Waals surface area contributed by atoms with Crippen molar-refractivity contribution in [2.24, 2.45) is 5.92 Å². The van der Waals surface area contributed by atoms with E-state index in [-0.39, 0.29) is 0 Å². The molecule has 0 heterocycles. The van der Waals surface area contributed by atoms with Gasteiger partial charge in [0, 0.05) is 0 Å². The van der Waals surface area contributed by atoms with Crippen molar-refractivity contribution in [2.45, 2.75) is 58.3 Å². The minimum Gasteiger partial charge on any atom is -0.0625 e. The van der Waals surface area contributed by atoms with E-state index in [0.717, 1.165) is 18.8 Å². The van der Waals surface area contributed by atoms with Crippen molar-refractivity contribution in [1.29, 1.82) is 0 Å². The third-order valence-corrected chi connectivity index (χ3v) is 2.44. The van der Waals surface area contributed by atoms with Crippen molar-refractivity contribution < 1.29 is 0 Å². The Labute approximate surface area is 78.8 Å². The second-order valence-corrected chi connectivity index (χ2v) is 3.80. The molecule has 0 aliphatic rings. The van der Waals surface area contributed by atoms with Gasteiger partial charge in [0.1, 0.15) is 0 Å². The molecule has 0 aliphatic carbocycles. The molecule has 72 valence electrons. The maximum absolute atomic E-state index is 3.91. The lowest BCUT2D eigenvalue weighted by Crippen LogP contribution is -1.91. The Balaban J connectivity index is 2.90. The summed E-state index contributed by atoms with van der Waals surface area (Å²) in [5, 5.41) is 0. The zero-order chi connectivity index (χ0) is 9.23. The number of unbranched alkanes of at least 4 members (excludes halogenated alkanes) is 5. The largest absolute Gasteiger partial charge is 0.0625 e. The molecule has 0 amide bonds. The van der Waals surface area contributed by atoms with E-state index in [4.69, 9.17) is 0 Å². The molecule has 0 aliphatic heterocycles. The smallest absolute Gasteiger partial charge is 0.0443 e. The van der Waals surface area contributed by atoms with Crippen LogP contribution in [-0.2, 0) is 0 Å². The Morgan fingerprint density at radius 3 is 2.08 bits per heavy atom. The Kier molecular flexibility index (Phi) is 9.09. The zero-order valence-electron chi connectivity index (χ0n) is 8.65. The summed E-state index contributed by atoms with van der Waals surface area (Å²) in [7, 11) is 0. The van der Waals surface area contributed by atoms with E-state index < -0.39 is 0 Å². The Hall–Kier alpha value is 0. The van der Waals surface area contributed by atoms with Crippen LogP contribution in [0, 0.1) is 19.8 Å². The first-order chi connectivity index (χ1) is 5.81. The maximum Gasteiger partial charge on any atom is -0.0443 e. The summed E-state index contributed by atoms with van der Waals surface area (Å²) >= 11 is 0. The second-order valence-electron chi connectivity index (χ2n) is 3.80. The fraction of sp³-hybridized carbons (Fsp3) is 0.833. The molecule has 0 nitrogen and oxygen atoms in total. The van der Waals surface area contributed by atoms with E-state index in [9.17, 15) is 0 Å². The quantitative estimate of drug-likeness (QED) is 0.471. The van der Waals surface area contributed by atoms with Gasteiger partial charge in [0.2, 0.25) is 0 Å². The van der Waals surface area contributed by atoms with Gasteiger partial charge in [-0.1, -0.05) is 72.1 Å². The van der Waals surface area contributed by atoms with Gasteiger partial charge in [0.25, 0.3) is 0 Å². The van der Waals surface area contributed by atoms with Gasteiger partial charge in [-0.15, -0.1) is 0 Å². The highest BCUT2D eigenvalue weighted by Crippen LogP contribution is 2.13. The monoisotopic (exact) mass is 168 g/mol. The average Bonchev–Trinajstić information content (AvgIpc) is 2.10. The molecule has 0 saturated carbocycles. The van der Waals surface area contributed by atoms with Gasteiger partial charge in [0.05, 0.1) is 0 Å². The highest BCUT2D eigenvalue weighted by atomic mass is 14.0. The van der Waals surface area contributed by atoms with Crippen LogP contribution in [0.15, 0.2) is 0 Å². The lowest BCUT2D eigenvalue weighted by molar-refractivity contribution is 0.487. The van der Waals surface area contributed by atoms with Crippen LogP contribution in [0.1, 0.15) is 58.3 Å². The normalized spacial score (nSPS) is 13.2. The van der Waals surface area contributed by atoms with Gasteiger partial charge in [0.15, 0.2) is 0 Å². The molecule has 2 radical (unpaired) electrons. The van der Waals surface area contributed by atoms with Crippen LogP contribution in [0.4, 0.5) is 0 Å². The molecule has 1 unspecified atom stereocenters. The molecule has 0 fully saturated rings. The molecule has 0 N–H and O–H groups in total. The van der Waals surface area contributed by atoms with Crippen LogP contribution in [0.2, 0.25) is 0 Å². The van der Waals surface area contributed by atoms with Gasteiger partial charge in [-0.2, -0.15) is 0 Å². The minimum absolute atomic E-state index is 0.831. The van der Waals surface area contributed by atoms with E-state index in [0.29, 0.717) is 0 Å². The molecule has 0 aromatic heterocycles. The van der Waals surface area contributed by atoms with Gasteiger partial charge in [-0.25, -0.2) is 0 Å². The molecule has 0 saturated heterocycles. The number of hydrogen-bond donors (Lipinski definition) is 0. The van der Waals surface area contributed by atoms with Gasteiger partial charge in [-0.3, -0.25) is 0 Å². The van der Waals surface area contributed by atoms with Crippen LogP contribution in [0.3, 0.4) is 0 Å². The fourth-order valence-corrected chi connectivity index (χ4v) is 1.34. The highest BCUT2D eigenvalue weighted by Gasteiger charge is 1.97. The summed E-state index contributed by atoms with van der Waals surface area (Å²) in [4.78, 5) is 0. The first-order valence-corrected chi connectivity index (χ1v) is 5.39. The van der Waals surface area contributed by atoms with Gasteiger partial charge in [-0.05, 0) is 5.92 Å². The Bertz CT molecular complexity index is 76.1. The third-order valence-electron chi connectivity index (χ3n) is 2.44. The topological polar surface area (TPSA) is 0 Å². The average molecular weight is 168 g/mol. The van der Waals surface area contributed by atoms with E-state index in [1.54, 1.807) is 0 Å². The van der Waals surface area contributed by atoms with Crippen LogP contribution in [-0.4, -0.2) is 0 Å². The molecular weight excluding hydrogens is 144 g/mol. The Morgan fingerprint density at radius 1 is 0.917 bits per heavy atom. The van der Waals surface area contributed by atoms with E-state index >= 15 is 0 Å². The molecular formula is C12H24. The standard InChI is InChI=1S/C12H24/c1-4-6-7-8-9-10-11-12(3)5-2/h12H,1-2,4-11H2,3H3. The summed E-state index contributed by atoms with van der Waals surface area (Å²) in [6.45, 7) is 10.0. The van der Waals surface area contributed by atoms with Crippen molar-refractivity contribution in [3.8, 4) is 0 Å². The van der Waals surface area contributed by atoms with Crippen molar-refractivity contribution in [1.82, 2.24) is 0 Å². The molecule has 0 rings (SSSR count). The Morgan fingerprint density at radius 2 is 1.50 bits per heavy atom. The number of rotatable bonds is 8. The lowest BCUT2D eigenvalue weighted by atomic mass is 10.00. The summed E-state index contributed by atoms with van der Waals surface area (Å²) in [6.07, 6.45) is 10.5. The molecule has 0 bridgehead atoms. The molecule has 0 spiro atoms. The summed E-state index contributed by atoms with van der Waals surface area (Å²) in [6, 6.07) is 0. The predicted octanol–water partition coefficient (Wildman–Crippen LogP) is 4.41. The first-order valence-electron chi connectivity index (χ1n) is 5.39. The van der Waals surface area contributed by atoms with Crippen molar-refractivity contribution in [3.63, 3.8) is 0 Å². The van der Waals surface area contributed by atoms with Crippen LogP contribution in [0.5, 0.6) is 0 Å². The summed E-state index contributed by atoms with van der Waals surface area (Å²) < 4.78 is 0. The number of hydrogen-bond acceptors (Lipinski definition) is 0. The fourth-order valence-electron chi connectivity index (χ4n) is 1.34. The van der Waals surface area contributed by atoms with E-state index in [2.05, 4.69) is 20.8 Å². The first kappa shape index (κ1) is 12.0. The molecule has 12 heavy (non-hydrogen) atoms. The summed E-state index contributed by atoms with van der Waals surface area (Å²) in [5.41, 5.74) is 0. The predicted molar refractivity (Wildman–Crippen MR) is 56.8 cm³/mol. The second kappa shape index (κ2) is 9.09. The third kappa shape index (κ3) is 8.10. The van der Waals surface area contributed by atoms with Crippen LogP contribution >= 0.6 is 0 Å². The van der Waals surface area contributed by atoms with Gasteiger partial charge < -0.3 is 0 Å². The summed E-state index contributed by atoms with van der Waals surface area (Å²) in [5.74, 6) is 0.831. The van der Waals surface area contributed by atoms with E-state index in [1.165, 1.54) is 38.5 Å². The zero-order valence-corrected chi connectivity index (χ0v) is 8.65. The van der Waals surface area contributed by atoms with E-state index in [1.807, 2.05) is 0 Å². The van der Waals surface area contributed by atoms with Crippen LogP contribution in [0.25, 0.3) is 0 Å². The lowest BCUT2D eigenvalue weighted by Gasteiger charge is -2.06. The van der Waals surface area contributed by atoms with Crippen molar-refractivity contribution in [3.05, 3.63) is 13.8 Å². The SMILES string of the molecule is [CH2]CCCCCCCC(C)C[CH2]. The van der Waals surface area contributed by atoms with Crippen molar-refractivity contribution in [2.75, 3.05) is 0 Å². The highest BCUT2D eigenvalue weighted by molar-refractivity contribution is 4.55. The van der Waals surface area contributed by atoms with Crippen LogP contribution < -0.4 is 0 Å². The molecule has 0 heteroatoms. The molecule has 0 aromatic rings. The van der Waals surface area contributed by atoms with Gasteiger partial charge >= 0.3 is 0 Å². The molecule has 0 aromatic carbocycles.